The molecule has 0 aliphatic heterocycles. The van der Waals surface area contributed by atoms with Crippen molar-refractivity contribution in [3.8, 4) is 0 Å². The molecule has 1 atom stereocenters. The van der Waals surface area contributed by atoms with Crippen molar-refractivity contribution in [2.45, 2.75) is 31.8 Å². The van der Waals surface area contributed by atoms with Crippen LogP contribution in [0.15, 0.2) is 4.99 Å². The number of hydrogen-bond donors (Lipinski definition) is 0. The Bertz CT molecular complexity index is 195. The van der Waals surface area contributed by atoms with E-state index < -0.39 is 0 Å². The minimum Gasteiger partial charge on any atom is -0.376 e. The molecule has 0 saturated heterocycles. The minimum atomic E-state index is -0.240. The van der Waals surface area contributed by atoms with Gasteiger partial charge in [-0.05, 0) is 25.7 Å². The third kappa shape index (κ3) is 1.74. The van der Waals surface area contributed by atoms with Crippen LogP contribution in [0.2, 0.25) is 0 Å². The van der Waals surface area contributed by atoms with Crippen molar-refractivity contribution in [3.05, 3.63) is 0 Å². The zero-order valence-electron chi connectivity index (χ0n) is 7.67. The van der Waals surface area contributed by atoms with E-state index in [9.17, 15) is 4.79 Å². The Morgan fingerprint density at radius 3 is 2.67 bits per heavy atom. The Morgan fingerprint density at radius 2 is 2.33 bits per heavy atom. The van der Waals surface area contributed by atoms with Gasteiger partial charge in [0.1, 0.15) is 0 Å². The quantitative estimate of drug-likeness (QED) is 0.473. The first-order chi connectivity index (χ1) is 5.73. The molecule has 0 aromatic heterocycles. The highest BCUT2D eigenvalue weighted by molar-refractivity contribution is 5.33. The summed E-state index contributed by atoms with van der Waals surface area (Å²) in [6.07, 6.45) is 5.21. The Hall–Kier alpha value is -0.660. The maximum atomic E-state index is 9.95. The molecule has 0 spiro atoms. The van der Waals surface area contributed by atoms with Crippen molar-refractivity contribution in [2.24, 2.45) is 10.9 Å². The summed E-state index contributed by atoms with van der Waals surface area (Å²) in [6.45, 7) is 2.45. The van der Waals surface area contributed by atoms with Crippen LogP contribution in [0.25, 0.3) is 0 Å². The molecule has 0 heterocycles. The molecular weight excluding hydrogens is 154 g/mol. The number of rotatable bonds is 4. The second-order valence-corrected chi connectivity index (χ2v) is 3.55. The van der Waals surface area contributed by atoms with E-state index in [1.807, 2.05) is 6.92 Å². The predicted octanol–water partition coefficient (Wildman–Crippen LogP) is 1.53. The molecule has 0 radical (unpaired) electrons. The van der Waals surface area contributed by atoms with Crippen molar-refractivity contribution in [1.29, 1.82) is 0 Å². The van der Waals surface area contributed by atoms with Gasteiger partial charge in [-0.25, -0.2) is 9.79 Å². The highest BCUT2D eigenvalue weighted by atomic mass is 16.5. The van der Waals surface area contributed by atoms with E-state index in [0.717, 1.165) is 0 Å². The molecule has 1 unspecified atom stereocenters. The maximum absolute atomic E-state index is 9.95. The molecule has 3 nitrogen and oxygen atoms in total. The molecule has 0 bridgehead atoms. The lowest BCUT2D eigenvalue weighted by molar-refractivity contribution is -0.0620. The summed E-state index contributed by atoms with van der Waals surface area (Å²) < 4.78 is 5.37. The summed E-state index contributed by atoms with van der Waals surface area (Å²) in [4.78, 5) is 13.5. The number of isocyanates is 1. The fraction of sp³-hybridized carbons (Fsp3) is 0.889. The first-order valence-electron chi connectivity index (χ1n) is 4.32. The van der Waals surface area contributed by atoms with Crippen molar-refractivity contribution < 1.29 is 9.53 Å². The third-order valence-electron chi connectivity index (χ3n) is 2.89. The van der Waals surface area contributed by atoms with Crippen LogP contribution in [0, 0.1) is 5.92 Å². The van der Waals surface area contributed by atoms with Gasteiger partial charge in [0.15, 0.2) is 0 Å². The molecule has 12 heavy (non-hydrogen) atoms. The number of hydrogen-bond acceptors (Lipinski definition) is 3. The second kappa shape index (κ2) is 3.83. The molecule has 1 rings (SSSR count). The first-order valence-corrected chi connectivity index (χ1v) is 4.32. The van der Waals surface area contributed by atoms with Gasteiger partial charge in [0.2, 0.25) is 6.08 Å². The minimum absolute atomic E-state index is 0.240. The van der Waals surface area contributed by atoms with E-state index in [1.165, 1.54) is 19.3 Å². The number of ether oxygens (including phenoxy) is 1. The summed E-state index contributed by atoms with van der Waals surface area (Å²) >= 11 is 0. The van der Waals surface area contributed by atoms with Crippen LogP contribution >= 0.6 is 0 Å². The largest absolute Gasteiger partial charge is 0.376 e. The Kier molecular flexibility index (Phi) is 3.01. The smallest absolute Gasteiger partial charge is 0.235 e. The second-order valence-electron chi connectivity index (χ2n) is 3.55. The number of carbonyl (C=O) groups excluding carboxylic acids is 1. The standard InChI is InChI=1S/C9H15NO2/c1-9(12-2,6-10-7-11)8-4-3-5-8/h8H,3-6H2,1-2H3. The van der Waals surface area contributed by atoms with Crippen molar-refractivity contribution in [1.82, 2.24) is 0 Å². The van der Waals surface area contributed by atoms with E-state index in [4.69, 9.17) is 4.74 Å². The maximum Gasteiger partial charge on any atom is 0.235 e. The van der Waals surface area contributed by atoms with Crippen LogP contribution in [0.1, 0.15) is 26.2 Å². The van der Waals surface area contributed by atoms with Gasteiger partial charge < -0.3 is 4.74 Å². The molecule has 0 aromatic carbocycles. The number of nitrogens with zero attached hydrogens (tertiary/aromatic N) is 1. The van der Waals surface area contributed by atoms with Gasteiger partial charge in [-0.3, -0.25) is 0 Å². The van der Waals surface area contributed by atoms with E-state index in [2.05, 4.69) is 4.99 Å². The molecule has 1 aliphatic carbocycles. The third-order valence-corrected chi connectivity index (χ3v) is 2.89. The molecule has 1 saturated carbocycles. The monoisotopic (exact) mass is 169 g/mol. The first kappa shape index (κ1) is 9.43. The van der Waals surface area contributed by atoms with Crippen molar-refractivity contribution in [2.75, 3.05) is 13.7 Å². The number of methoxy groups -OCH3 is 1. The highest BCUT2D eigenvalue weighted by Gasteiger charge is 2.37. The van der Waals surface area contributed by atoms with E-state index in [-0.39, 0.29) is 5.60 Å². The molecule has 3 heteroatoms. The Labute approximate surface area is 72.8 Å². The zero-order valence-corrected chi connectivity index (χ0v) is 7.67. The van der Waals surface area contributed by atoms with Crippen LogP contribution in [0.5, 0.6) is 0 Å². The molecule has 1 fully saturated rings. The fourth-order valence-electron chi connectivity index (χ4n) is 1.57. The molecule has 1 aliphatic rings. The average molecular weight is 169 g/mol. The SMILES string of the molecule is COC(C)(CN=C=O)C1CCC1. The van der Waals surface area contributed by atoms with Gasteiger partial charge in [-0.2, -0.15) is 0 Å². The Morgan fingerprint density at radius 1 is 1.67 bits per heavy atom. The van der Waals surface area contributed by atoms with Crippen LogP contribution in [-0.4, -0.2) is 25.3 Å². The van der Waals surface area contributed by atoms with Gasteiger partial charge in [0.05, 0.1) is 12.1 Å². The van der Waals surface area contributed by atoms with Crippen LogP contribution in [-0.2, 0) is 9.53 Å². The van der Waals surface area contributed by atoms with Gasteiger partial charge in [-0.15, -0.1) is 0 Å². The summed E-state index contributed by atoms with van der Waals surface area (Å²) in [5.74, 6) is 0.569. The summed E-state index contributed by atoms with van der Waals surface area (Å²) in [6, 6.07) is 0. The van der Waals surface area contributed by atoms with Crippen LogP contribution in [0.4, 0.5) is 0 Å². The van der Waals surface area contributed by atoms with E-state index in [1.54, 1.807) is 13.2 Å². The summed E-state index contributed by atoms with van der Waals surface area (Å²) in [5.41, 5.74) is -0.240. The lowest BCUT2D eigenvalue weighted by atomic mass is 9.73. The summed E-state index contributed by atoms with van der Waals surface area (Å²) in [7, 11) is 1.68. The lowest BCUT2D eigenvalue weighted by Crippen LogP contribution is -2.43. The van der Waals surface area contributed by atoms with Gasteiger partial charge in [0, 0.05) is 7.11 Å². The highest BCUT2D eigenvalue weighted by Crippen LogP contribution is 2.38. The van der Waals surface area contributed by atoms with E-state index in [0.29, 0.717) is 12.5 Å². The predicted molar refractivity (Wildman–Crippen MR) is 45.7 cm³/mol. The van der Waals surface area contributed by atoms with Gasteiger partial charge in [0.25, 0.3) is 0 Å². The normalized spacial score (nSPS) is 22.2. The van der Waals surface area contributed by atoms with Gasteiger partial charge >= 0.3 is 0 Å². The van der Waals surface area contributed by atoms with Gasteiger partial charge in [-0.1, -0.05) is 6.42 Å². The number of aliphatic imine (C=N–C) groups is 1. The average Bonchev–Trinajstić information content (AvgIpc) is 1.98. The van der Waals surface area contributed by atoms with Crippen LogP contribution < -0.4 is 0 Å². The van der Waals surface area contributed by atoms with E-state index >= 15 is 0 Å². The molecule has 0 N–H and O–H groups in total. The molecular formula is C9H15NO2. The molecule has 0 aromatic rings. The van der Waals surface area contributed by atoms with Crippen LogP contribution in [0.3, 0.4) is 0 Å². The fourth-order valence-corrected chi connectivity index (χ4v) is 1.57. The van der Waals surface area contributed by atoms with Crippen molar-refractivity contribution >= 4 is 6.08 Å². The Balaban J connectivity index is 2.53. The van der Waals surface area contributed by atoms with Crippen molar-refractivity contribution in [3.63, 3.8) is 0 Å². The lowest BCUT2D eigenvalue weighted by Gasteiger charge is -2.40. The molecule has 0 amide bonds. The molecule has 68 valence electrons. The topological polar surface area (TPSA) is 38.7 Å². The summed E-state index contributed by atoms with van der Waals surface area (Å²) in [5, 5.41) is 0. The zero-order chi connectivity index (χ0) is 9.03.